The third-order valence-corrected chi connectivity index (χ3v) is 2.85. The van der Waals surface area contributed by atoms with Crippen molar-refractivity contribution in [2.75, 3.05) is 18.6 Å². The SMILES string of the molecule is COc1cc(-c2ccnc(N)n2)cc2[nH]nc(N)c12. The van der Waals surface area contributed by atoms with Crippen LogP contribution in [0.2, 0.25) is 0 Å². The monoisotopic (exact) mass is 256 g/mol. The summed E-state index contributed by atoms with van der Waals surface area (Å²) >= 11 is 0. The molecule has 0 bridgehead atoms. The average molecular weight is 256 g/mol. The predicted molar refractivity (Wildman–Crippen MR) is 72.5 cm³/mol. The largest absolute Gasteiger partial charge is 0.496 e. The third-order valence-electron chi connectivity index (χ3n) is 2.85. The minimum absolute atomic E-state index is 0.223. The Balaban J connectivity index is 2.25. The second kappa shape index (κ2) is 4.13. The van der Waals surface area contributed by atoms with Crippen molar-refractivity contribution in [2.24, 2.45) is 0 Å². The lowest BCUT2D eigenvalue weighted by Gasteiger charge is -2.06. The molecule has 5 N–H and O–H groups in total. The Morgan fingerprint density at radius 3 is 2.84 bits per heavy atom. The molecule has 0 radical (unpaired) electrons. The van der Waals surface area contributed by atoms with Gasteiger partial charge in [0.25, 0.3) is 0 Å². The van der Waals surface area contributed by atoms with Crippen LogP contribution in [0.5, 0.6) is 5.75 Å². The molecule has 0 saturated carbocycles. The summed E-state index contributed by atoms with van der Waals surface area (Å²) in [5.74, 6) is 1.26. The van der Waals surface area contributed by atoms with E-state index in [4.69, 9.17) is 16.2 Å². The Bertz CT molecular complexity index is 751. The first-order chi connectivity index (χ1) is 9.19. The second-order valence-electron chi connectivity index (χ2n) is 4.01. The minimum Gasteiger partial charge on any atom is -0.496 e. The normalized spacial score (nSPS) is 10.8. The third kappa shape index (κ3) is 1.81. The molecular weight excluding hydrogens is 244 g/mol. The number of anilines is 2. The van der Waals surface area contributed by atoms with Crippen LogP contribution in [0.3, 0.4) is 0 Å². The van der Waals surface area contributed by atoms with E-state index in [1.807, 2.05) is 12.1 Å². The van der Waals surface area contributed by atoms with Crippen molar-refractivity contribution in [3.05, 3.63) is 24.4 Å². The van der Waals surface area contributed by atoms with E-state index >= 15 is 0 Å². The van der Waals surface area contributed by atoms with Gasteiger partial charge in [0.15, 0.2) is 5.82 Å². The number of nitrogens with two attached hydrogens (primary N) is 2. The first kappa shape index (κ1) is 11.3. The number of rotatable bonds is 2. The van der Waals surface area contributed by atoms with Crippen LogP contribution in [-0.2, 0) is 0 Å². The molecule has 0 aliphatic carbocycles. The van der Waals surface area contributed by atoms with E-state index in [1.54, 1.807) is 19.4 Å². The van der Waals surface area contributed by atoms with Gasteiger partial charge >= 0.3 is 0 Å². The van der Waals surface area contributed by atoms with Gasteiger partial charge in [0.1, 0.15) is 5.75 Å². The summed E-state index contributed by atoms with van der Waals surface area (Å²) in [6, 6.07) is 5.51. The molecule has 19 heavy (non-hydrogen) atoms. The van der Waals surface area contributed by atoms with Crippen LogP contribution < -0.4 is 16.2 Å². The topological polar surface area (TPSA) is 116 Å². The molecule has 1 aromatic carbocycles. The summed E-state index contributed by atoms with van der Waals surface area (Å²) in [4.78, 5) is 8.05. The maximum atomic E-state index is 5.80. The summed E-state index contributed by atoms with van der Waals surface area (Å²) in [5, 5.41) is 7.59. The van der Waals surface area contributed by atoms with Gasteiger partial charge in [-0.05, 0) is 18.2 Å². The Morgan fingerprint density at radius 2 is 2.11 bits per heavy atom. The molecule has 0 saturated heterocycles. The Morgan fingerprint density at radius 1 is 1.26 bits per heavy atom. The van der Waals surface area contributed by atoms with Crippen molar-refractivity contribution in [1.29, 1.82) is 0 Å². The van der Waals surface area contributed by atoms with Crippen LogP contribution in [0.25, 0.3) is 22.2 Å². The van der Waals surface area contributed by atoms with E-state index in [9.17, 15) is 0 Å². The number of aromatic nitrogens is 4. The van der Waals surface area contributed by atoms with Gasteiger partial charge in [-0.25, -0.2) is 9.97 Å². The van der Waals surface area contributed by atoms with E-state index < -0.39 is 0 Å². The van der Waals surface area contributed by atoms with Crippen molar-refractivity contribution < 1.29 is 4.74 Å². The highest BCUT2D eigenvalue weighted by molar-refractivity contribution is 5.97. The highest BCUT2D eigenvalue weighted by Crippen LogP contribution is 2.33. The Labute approximate surface area is 108 Å². The summed E-state index contributed by atoms with van der Waals surface area (Å²) in [7, 11) is 1.58. The number of hydrogen-bond donors (Lipinski definition) is 3. The van der Waals surface area contributed by atoms with Gasteiger partial charge in [-0.1, -0.05) is 0 Å². The molecule has 2 heterocycles. The molecule has 7 nitrogen and oxygen atoms in total. The zero-order valence-corrected chi connectivity index (χ0v) is 10.2. The minimum atomic E-state index is 0.223. The highest BCUT2D eigenvalue weighted by atomic mass is 16.5. The lowest BCUT2D eigenvalue weighted by molar-refractivity contribution is 0.420. The molecule has 0 amide bonds. The Hall–Kier alpha value is -2.83. The number of fused-ring (bicyclic) bond motifs is 1. The van der Waals surface area contributed by atoms with Crippen molar-refractivity contribution in [3.63, 3.8) is 0 Å². The number of benzene rings is 1. The van der Waals surface area contributed by atoms with Gasteiger partial charge in [0.2, 0.25) is 5.95 Å². The number of nitrogen functional groups attached to an aromatic ring is 2. The van der Waals surface area contributed by atoms with Gasteiger partial charge in [0, 0.05) is 11.8 Å². The zero-order chi connectivity index (χ0) is 13.4. The first-order valence-corrected chi connectivity index (χ1v) is 5.59. The fourth-order valence-electron chi connectivity index (χ4n) is 1.99. The predicted octanol–water partition coefficient (Wildman–Crippen LogP) is 1.19. The molecule has 96 valence electrons. The van der Waals surface area contributed by atoms with Gasteiger partial charge < -0.3 is 16.2 Å². The van der Waals surface area contributed by atoms with Crippen LogP contribution >= 0.6 is 0 Å². The summed E-state index contributed by atoms with van der Waals surface area (Å²) < 4.78 is 5.34. The summed E-state index contributed by atoms with van der Waals surface area (Å²) in [6.07, 6.45) is 1.61. The smallest absolute Gasteiger partial charge is 0.220 e. The standard InChI is InChI=1S/C12H12N6O/c1-19-9-5-6(7-2-3-15-12(14)16-7)4-8-10(9)11(13)18-17-8/h2-5H,1H3,(H3,13,17,18)(H2,14,15,16). The number of hydrogen-bond acceptors (Lipinski definition) is 6. The van der Waals surface area contributed by atoms with Crippen LogP contribution in [-0.4, -0.2) is 27.3 Å². The van der Waals surface area contributed by atoms with Crippen molar-refractivity contribution in [3.8, 4) is 17.0 Å². The molecule has 0 spiro atoms. The molecule has 0 atom stereocenters. The van der Waals surface area contributed by atoms with E-state index in [1.165, 1.54) is 0 Å². The number of aromatic amines is 1. The lowest BCUT2D eigenvalue weighted by atomic mass is 10.1. The van der Waals surface area contributed by atoms with Gasteiger partial charge in [-0.3, -0.25) is 5.10 Å². The summed E-state index contributed by atoms with van der Waals surface area (Å²) in [5.41, 5.74) is 13.7. The number of nitrogens with zero attached hydrogens (tertiary/aromatic N) is 3. The van der Waals surface area contributed by atoms with Crippen LogP contribution in [0, 0.1) is 0 Å². The van der Waals surface area contributed by atoms with Gasteiger partial charge in [-0.2, -0.15) is 5.10 Å². The molecule has 0 aliphatic heterocycles. The molecular formula is C12H12N6O. The van der Waals surface area contributed by atoms with Gasteiger partial charge in [0.05, 0.1) is 23.7 Å². The van der Waals surface area contributed by atoms with Crippen LogP contribution in [0.4, 0.5) is 11.8 Å². The van der Waals surface area contributed by atoms with Crippen LogP contribution in [0.15, 0.2) is 24.4 Å². The fourth-order valence-corrected chi connectivity index (χ4v) is 1.99. The van der Waals surface area contributed by atoms with Crippen molar-refractivity contribution in [2.45, 2.75) is 0 Å². The number of nitrogens with one attached hydrogen (secondary N) is 1. The van der Waals surface area contributed by atoms with E-state index in [2.05, 4.69) is 20.2 Å². The maximum Gasteiger partial charge on any atom is 0.220 e. The number of H-pyrrole nitrogens is 1. The van der Waals surface area contributed by atoms with E-state index in [-0.39, 0.29) is 5.95 Å². The highest BCUT2D eigenvalue weighted by Gasteiger charge is 2.12. The Kier molecular flexibility index (Phi) is 2.45. The number of ether oxygens (including phenoxy) is 1. The molecule has 7 heteroatoms. The van der Waals surface area contributed by atoms with Crippen molar-refractivity contribution in [1.82, 2.24) is 20.2 Å². The first-order valence-electron chi connectivity index (χ1n) is 5.59. The second-order valence-corrected chi connectivity index (χ2v) is 4.01. The molecule has 0 aliphatic rings. The van der Waals surface area contributed by atoms with Crippen LogP contribution in [0.1, 0.15) is 0 Å². The van der Waals surface area contributed by atoms with Crippen molar-refractivity contribution >= 4 is 22.7 Å². The molecule has 2 aromatic heterocycles. The zero-order valence-electron chi connectivity index (χ0n) is 10.2. The van der Waals surface area contributed by atoms with E-state index in [0.717, 1.165) is 16.5 Å². The fraction of sp³-hybridized carbons (Fsp3) is 0.0833. The summed E-state index contributed by atoms with van der Waals surface area (Å²) in [6.45, 7) is 0. The number of methoxy groups -OCH3 is 1. The maximum absolute atomic E-state index is 5.80. The molecule has 0 unspecified atom stereocenters. The average Bonchev–Trinajstić information content (AvgIpc) is 2.80. The lowest BCUT2D eigenvalue weighted by Crippen LogP contribution is -1.96. The van der Waals surface area contributed by atoms with Gasteiger partial charge in [-0.15, -0.1) is 0 Å². The molecule has 3 aromatic rings. The quantitative estimate of drug-likeness (QED) is 0.634. The molecule has 0 fully saturated rings. The van der Waals surface area contributed by atoms with E-state index in [0.29, 0.717) is 17.3 Å². The molecule has 3 rings (SSSR count).